The predicted molar refractivity (Wildman–Crippen MR) is 138 cm³/mol. The van der Waals surface area contributed by atoms with Gasteiger partial charge in [0, 0.05) is 40.7 Å². The van der Waals surface area contributed by atoms with Crippen molar-refractivity contribution in [1.29, 1.82) is 0 Å². The number of benzene rings is 3. The molecule has 0 saturated heterocycles. The summed E-state index contributed by atoms with van der Waals surface area (Å²) in [6, 6.07) is 20.2. The summed E-state index contributed by atoms with van der Waals surface area (Å²) < 4.78 is 2.07. The van der Waals surface area contributed by atoms with E-state index >= 15 is 0 Å². The maximum atomic E-state index is 11.5. The third-order valence-corrected chi connectivity index (χ3v) is 7.19. The van der Waals surface area contributed by atoms with E-state index in [9.17, 15) is 10.1 Å². The Hall–Kier alpha value is -3.39. The van der Waals surface area contributed by atoms with Gasteiger partial charge in [-0.15, -0.1) is 11.3 Å². The van der Waals surface area contributed by atoms with Gasteiger partial charge >= 0.3 is 0 Å². The van der Waals surface area contributed by atoms with E-state index in [-0.39, 0.29) is 5.69 Å². The average molecular weight is 509 g/mol. The zero-order valence-corrected chi connectivity index (χ0v) is 20.1. The second-order valence-electron chi connectivity index (χ2n) is 7.65. The number of aryl methyl sites for hydroxylation is 1. The van der Waals surface area contributed by atoms with Gasteiger partial charge in [-0.05, 0) is 36.2 Å². The smallest absolute Gasteiger partial charge is 0.294 e. The molecule has 0 aliphatic rings. The molecule has 34 heavy (non-hydrogen) atoms. The summed E-state index contributed by atoms with van der Waals surface area (Å²) in [6.07, 6.45) is 2.77. The molecule has 0 unspecified atom stereocenters. The van der Waals surface area contributed by atoms with Gasteiger partial charge in [-0.2, -0.15) is 0 Å². The minimum atomic E-state index is -0.414. The molecule has 0 bridgehead atoms. The Morgan fingerprint density at radius 1 is 1.03 bits per heavy atom. The zero-order valence-electron chi connectivity index (χ0n) is 17.7. The molecule has 3 aromatic carbocycles. The molecule has 9 heteroatoms. The fourth-order valence-corrected chi connectivity index (χ4v) is 5.15. The van der Waals surface area contributed by atoms with Gasteiger partial charge in [0.05, 0.1) is 20.7 Å². The summed E-state index contributed by atoms with van der Waals surface area (Å²) in [5, 5.41) is 15.6. The van der Waals surface area contributed by atoms with E-state index < -0.39 is 4.92 Å². The Labute approximate surface area is 208 Å². The van der Waals surface area contributed by atoms with Crippen LogP contribution < -0.4 is 4.80 Å². The van der Waals surface area contributed by atoms with E-state index in [1.165, 1.54) is 28.4 Å². The second-order valence-corrected chi connectivity index (χ2v) is 9.30. The third kappa shape index (κ3) is 4.37. The van der Waals surface area contributed by atoms with E-state index in [2.05, 4.69) is 20.6 Å². The monoisotopic (exact) mass is 508 g/mol. The lowest BCUT2D eigenvalue weighted by atomic mass is 10.1. The lowest BCUT2D eigenvalue weighted by Crippen LogP contribution is -2.17. The summed E-state index contributed by atoms with van der Waals surface area (Å²) >= 11 is 13.8. The average Bonchev–Trinajstić information content (AvgIpc) is 3.43. The van der Waals surface area contributed by atoms with Crippen LogP contribution in [0.2, 0.25) is 10.0 Å². The van der Waals surface area contributed by atoms with Crippen molar-refractivity contribution in [3.8, 4) is 11.3 Å². The SMILES string of the molecule is O=[N+]([O-])c1ccccc1N=c1scc(-c2ccc(Cl)c(Cl)c2)n1CCc1c[nH]c2ccccc12. The highest BCUT2D eigenvalue weighted by Gasteiger charge is 2.15. The highest BCUT2D eigenvalue weighted by atomic mass is 35.5. The number of nitro benzene ring substituents is 1. The Bertz CT molecular complexity index is 1590. The molecule has 0 fully saturated rings. The molecule has 0 saturated carbocycles. The van der Waals surface area contributed by atoms with Gasteiger partial charge in [0.15, 0.2) is 4.80 Å². The fourth-order valence-electron chi connectivity index (χ4n) is 3.91. The molecule has 2 aromatic heterocycles. The molecule has 6 nitrogen and oxygen atoms in total. The van der Waals surface area contributed by atoms with Crippen molar-refractivity contribution in [3.63, 3.8) is 0 Å². The number of thiazole rings is 1. The molecule has 5 aromatic rings. The summed E-state index contributed by atoms with van der Waals surface area (Å²) in [4.78, 5) is 19.8. The van der Waals surface area contributed by atoms with Crippen molar-refractivity contribution in [3.05, 3.63) is 109 Å². The lowest BCUT2D eigenvalue weighted by Gasteiger charge is -2.10. The van der Waals surface area contributed by atoms with Gasteiger partial charge in [0.25, 0.3) is 5.69 Å². The molecular formula is C25H18Cl2N4O2S. The first-order valence-electron chi connectivity index (χ1n) is 10.5. The van der Waals surface area contributed by atoms with Crippen LogP contribution in [0.25, 0.3) is 22.2 Å². The number of nitrogens with one attached hydrogen (secondary N) is 1. The van der Waals surface area contributed by atoms with Crippen molar-refractivity contribution in [2.24, 2.45) is 4.99 Å². The van der Waals surface area contributed by atoms with Crippen LogP contribution in [0.15, 0.2) is 83.3 Å². The van der Waals surface area contributed by atoms with E-state index in [0.29, 0.717) is 27.1 Å². The van der Waals surface area contributed by atoms with Gasteiger partial charge < -0.3 is 9.55 Å². The molecule has 2 heterocycles. The summed E-state index contributed by atoms with van der Waals surface area (Å²) in [7, 11) is 0. The summed E-state index contributed by atoms with van der Waals surface area (Å²) in [5.74, 6) is 0. The molecule has 0 radical (unpaired) electrons. The number of aromatic amines is 1. The maximum absolute atomic E-state index is 11.5. The number of halogens is 2. The van der Waals surface area contributed by atoms with Crippen LogP contribution in [0.3, 0.4) is 0 Å². The van der Waals surface area contributed by atoms with E-state index in [4.69, 9.17) is 23.2 Å². The minimum absolute atomic E-state index is 0.0323. The largest absolute Gasteiger partial charge is 0.361 e. The van der Waals surface area contributed by atoms with Crippen molar-refractivity contribution in [2.45, 2.75) is 13.0 Å². The first-order valence-corrected chi connectivity index (χ1v) is 12.1. The van der Waals surface area contributed by atoms with Crippen molar-refractivity contribution >= 4 is 56.8 Å². The van der Waals surface area contributed by atoms with Gasteiger partial charge in [0.1, 0.15) is 5.69 Å². The third-order valence-electron chi connectivity index (χ3n) is 5.59. The van der Waals surface area contributed by atoms with Gasteiger partial charge in [-0.25, -0.2) is 4.99 Å². The van der Waals surface area contributed by atoms with E-state index in [1.807, 2.05) is 41.9 Å². The Morgan fingerprint density at radius 3 is 2.65 bits per heavy atom. The highest BCUT2D eigenvalue weighted by Crippen LogP contribution is 2.30. The molecule has 0 spiro atoms. The number of aromatic nitrogens is 2. The summed E-state index contributed by atoms with van der Waals surface area (Å²) in [5.41, 5.74) is 4.37. The lowest BCUT2D eigenvalue weighted by molar-refractivity contribution is -0.384. The molecule has 0 aliphatic heterocycles. The van der Waals surface area contributed by atoms with Crippen LogP contribution in [-0.2, 0) is 13.0 Å². The van der Waals surface area contributed by atoms with Crippen LogP contribution in [0.1, 0.15) is 5.56 Å². The fraction of sp³-hybridized carbons (Fsp3) is 0.0800. The maximum Gasteiger partial charge on any atom is 0.294 e. The quantitative estimate of drug-likeness (QED) is 0.191. The standard InChI is InChI=1S/C25H18Cl2N4O2S/c26-19-10-9-16(13-20(19)27)24-15-34-25(29-22-7-3-4-8-23(22)31(32)33)30(24)12-11-17-14-28-21-6-2-1-5-18(17)21/h1-10,13-15,28H,11-12H2. The van der Waals surface area contributed by atoms with Crippen LogP contribution in [0.4, 0.5) is 11.4 Å². The molecule has 170 valence electrons. The first-order chi connectivity index (χ1) is 16.5. The van der Waals surface area contributed by atoms with Crippen LogP contribution in [0, 0.1) is 10.1 Å². The number of nitro groups is 1. The Balaban J connectivity index is 1.61. The molecule has 1 N–H and O–H groups in total. The van der Waals surface area contributed by atoms with Gasteiger partial charge in [-0.3, -0.25) is 10.1 Å². The molecule has 0 atom stereocenters. The molecular weight excluding hydrogens is 491 g/mol. The van der Waals surface area contributed by atoms with Gasteiger partial charge in [0.2, 0.25) is 0 Å². The number of rotatable bonds is 6. The van der Waals surface area contributed by atoms with Crippen molar-refractivity contribution in [1.82, 2.24) is 9.55 Å². The van der Waals surface area contributed by atoms with Gasteiger partial charge in [-0.1, -0.05) is 59.6 Å². The number of para-hydroxylation sites is 3. The zero-order chi connectivity index (χ0) is 23.7. The van der Waals surface area contributed by atoms with Crippen molar-refractivity contribution in [2.75, 3.05) is 0 Å². The summed E-state index contributed by atoms with van der Waals surface area (Å²) in [6.45, 7) is 0.625. The number of nitrogens with zero attached hydrogens (tertiary/aromatic N) is 3. The minimum Gasteiger partial charge on any atom is -0.361 e. The molecule has 0 amide bonds. The topological polar surface area (TPSA) is 76.2 Å². The molecule has 0 aliphatic carbocycles. The number of fused-ring (bicyclic) bond motifs is 1. The van der Waals surface area contributed by atoms with Crippen LogP contribution in [-0.4, -0.2) is 14.5 Å². The Kier molecular flexibility index (Phi) is 6.24. The van der Waals surface area contributed by atoms with E-state index in [1.54, 1.807) is 24.3 Å². The number of hydrogen-bond donors (Lipinski definition) is 1. The highest BCUT2D eigenvalue weighted by molar-refractivity contribution is 7.07. The van der Waals surface area contributed by atoms with Crippen LogP contribution >= 0.6 is 34.5 Å². The van der Waals surface area contributed by atoms with Crippen LogP contribution in [0.5, 0.6) is 0 Å². The number of hydrogen-bond acceptors (Lipinski definition) is 4. The van der Waals surface area contributed by atoms with E-state index in [0.717, 1.165) is 23.2 Å². The normalized spacial score (nSPS) is 11.9. The van der Waals surface area contributed by atoms with Crippen molar-refractivity contribution < 1.29 is 4.92 Å². The number of H-pyrrole nitrogens is 1. The first kappa shape index (κ1) is 22.4. The predicted octanol–water partition coefficient (Wildman–Crippen LogP) is 7.39. The second kappa shape index (κ2) is 9.46. The Morgan fingerprint density at radius 2 is 1.82 bits per heavy atom. The molecule has 5 rings (SSSR count).